The van der Waals surface area contributed by atoms with Gasteiger partial charge in [-0.3, -0.25) is 0 Å². The Balaban J connectivity index is 2.15. The van der Waals surface area contributed by atoms with Gasteiger partial charge in [0.05, 0.1) is 4.90 Å². The van der Waals surface area contributed by atoms with E-state index in [1.54, 1.807) is 38.1 Å². The van der Waals surface area contributed by atoms with Crippen molar-refractivity contribution in [1.29, 1.82) is 0 Å². The van der Waals surface area contributed by atoms with Crippen LogP contribution >= 0.6 is 0 Å². The molecule has 0 aromatic heterocycles. The van der Waals surface area contributed by atoms with Crippen LogP contribution in [0, 0.1) is 6.92 Å². The molecular weight excluding hydrogens is 350 g/mol. The Bertz CT molecular complexity index is 906. The highest BCUT2D eigenvalue weighted by molar-refractivity contribution is 8.66. The predicted molar refractivity (Wildman–Crippen MR) is 92.8 cm³/mol. The van der Waals surface area contributed by atoms with Crippen molar-refractivity contribution in [3.05, 3.63) is 59.7 Å². The van der Waals surface area contributed by atoms with E-state index in [-0.39, 0.29) is 4.90 Å². The molecular formula is C15H19N3O4S2. The Morgan fingerprint density at radius 2 is 1.46 bits per heavy atom. The van der Waals surface area contributed by atoms with Gasteiger partial charge in [-0.05, 0) is 43.7 Å². The van der Waals surface area contributed by atoms with Crippen molar-refractivity contribution < 1.29 is 16.8 Å². The van der Waals surface area contributed by atoms with Gasteiger partial charge in [-0.1, -0.05) is 29.8 Å². The third-order valence-corrected chi connectivity index (χ3v) is 7.79. The number of nitrogens with two attached hydrogens (primary N) is 1. The maximum atomic E-state index is 12.3. The molecule has 24 heavy (non-hydrogen) atoms. The predicted octanol–water partition coefficient (Wildman–Crippen LogP) is 1.45. The summed E-state index contributed by atoms with van der Waals surface area (Å²) in [4.78, 5) is 1.64. The van der Waals surface area contributed by atoms with Crippen LogP contribution in [0.3, 0.4) is 0 Å². The Kier molecular flexibility index (Phi) is 5.29. The molecule has 2 aromatic rings. The van der Waals surface area contributed by atoms with Crippen LogP contribution in [0.4, 0.5) is 5.69 Å². The largest absolute Gasteiger partial charge is 0.399 e. The number of nitrogen functional groups attached to an aromatic ring is 1. The van der Waals surface area contributed by atoms with Crippen molar-refractivity contribution in [3.63, 3.8) is 0 Å². The summed E-state index contributed by atoms with van der Waals surface area (Å²) in [6, 6.07) is 11.9. The number of aryl methyl sites for hydroxylation is 1. The molecule has 9 heteroatoms. The van der Waals surface area contributed by atoms with Gasteiger partial charge in [0.2, 0.25) is 0 Å². The van der Waals surface area contributed by atoms with Gasteiger partial charge >= 0.3 is 9.06 Å². The van der Waals surface area contributed by atoms with Crippen LogP contribution in [0.1, 0.15) is 24.1 Å². The zero-order chi connectivity index (χ0) is 18.0. The monoisotopic (exact) mass is 369 g/mol. The summed E-state index contributed by atoms with van der Waals surface area (Å²) in [5, 5.41) is 0. The molecule has 0 amide bonds. The van der Waals surface area contributed by atoms with Crippen molar-refractivity contribution in [3.8, 4) is 0 Å². The molecule has 0 bridgehead atoms. The first kappa shape index (κ1) is 18.4. The molecule has 0 fully saturated rings. The molecule has 0 spiro atoms. The van der Waals surface area contributed by atoms with Crippen LogP contribution in [-0.2, 0) is 17.9 Å². The molecule has 1 unspecified atom stereocenters. The molecule has 0 heterocycles. The number of hydrogen-bond donors (Lipinski definition) is 3. The highest BCUT2D eigenvalue weighted by Gasteiger charge is 2.32. The quantitative estimate of drug-likeness (QED) is 0.403. The minimum atomic E-state index is -4.65. The van der Waals surface area contributed by atoms with Gasteiger partial charge in [0, 0.05) is 11.7 Å². The maximum Gasteiger partial charge on any atom is 0.334 e. The van der Waals surface area contributed by atoms with Crippen molar-refractivity contribution >= 4 is 23.6 Å². The van der Waals surface area contributed by atoms with Crippen molar-refractivity contribution in [2.75, 3.05) is 5.73 Å². The minimum Gasteiger partial charge on any atom is -0.399 e. The number of anilines is 1. The van der Waals surface area contributed by atoms with Gasteiger partial charge in [0.1, 0.15) is 0 Å². The molecule has 0 aliphatic carbocycles. The normalized spacial score (nSPS) is 13.6. The highest BCUT2D eigenvalue weighted by atomic mass is 33.2. The molecule has 1 atom stereocenters. The Morgan fingerprint density at radius 1 is 0.917 bits per heavy atom. The van der Waals surface area contributed by atoms with Crippen LogP contribution in [0.15, 0.2) is 53.4 Å². The van der Waals surface area contributed by atoms with E-state index in [1.807, 2.05) is 4.83 Å². The Hall–Kier alpha value is -1.94. The molecule has 130 valence electrons. The first-order chi connectivity index (χ1) is 11.1. The van der Waals surface area contributed by atoms with Gasteiger partial charge in [-0.15, -0.1) is 4.83 Å². The summed E-state index contributed by atoms with van der Waals surface area (Å²) >= 11 is 0. The lowest BCUT2D eigenvalue weighted by Gasteiger charge is -2.15. The summed E-state index contributed by atoms with van der Waals surface area (Å²) in [5.74, 6) is 0. The smallest absolute Gasteiger partial charge is 0.334 e. The van der Waals surface area contributed by atoms with Gasteiger partial charge < -0.3 is 5.73 Å². The zero-order valence-electron chi connectivity index (χ0n) is 13.2. The third-order valence-electron chi connectivity index (χ3n) is 3.44. The average Bonchev–Trinajstić information content (AvgIpc) is 2.53. The fourth-order valence-electron chi connectivity index (χ4n) is 1.92. The second-order valence-corrected chi connectivity index (χ2v) is 10.5. The second kappa shape index (κ2) is 6.89. The Labute approximate surface area is 141 Å². The van der Waals surface area contributed by atoms with E-state index in [9.17, 15) is 16.8 Å². The van der Waals surface area contributed by atoms with Gasteiger partial charge in [0.15, 0.2) is 0 Å². The van der Waals surface area contributed by atoms with Gasteiger partial charge in [-0.25, -0.2) is 13.8 Å². The Morgan fingerprint density at radius 3 is 2.00 bits per heavy atom. The molecule has 4 N–H and O–H groups in total. The molecule has 0 aliphatic heterocycles. The van der Waals surface area contributed by atoms with Crippen molar-refractivity contribution in [2.24, 2.45) is 0 Å². The molecule has 0 radical (unpaired) electrons. The lowest BCUT2D eigenvalue weighted by molar-refractivity contribution is 0.519. The van der Waals surface area contributed by atoms with Crippen molar-refractivity contribution in [1.82, 2.24) is 10.3 Å². The standard InChI is InChI=1S/C15H19N3O4S2/c1-11-3-9-15(10-4-11)23(19,20)24(21,22)18-17-12(2)13-5-7-14(16)8-6-13/h3-10,12,17-18H,16H2,1-2H3. The van der Waals surface area contributed by atoms with E-state index >= 15 is 0 Å². The number of benzene rings is 2. The van der Waals surface area contributed by atoms with Crippen LogP contribution in [0.5, 0.6) is 0 Å². The number of hydrogen-bond acceptors (Lipinski definition) is 6. The van der Waals surface area contributed by atoms with E-state index in [1.165, 1.54) is 24.3 Å². The third kappa shape index (κ3) is 3.93. The van der Waals surface area contributed by atoms with Crippen LogP contribution in [0.2, 0.25) is 0 Å². The van der Waals surface area contributed by atoms with E-state index in [0.717, 1.165) is 11.1 Å². The number of rotatable bonds is 6. The highest BCUT2D eigenvalue weighted by Crippen LogP contribution is 2.18. The maximum absolute atomic E-state index is 12.3. The lowest BCUT2D eigenvalue weighted by atomic mass is 10.1. The zero-order valence-corrected chi connectivity index (χ0v) is 14.9. The molecule has 0 saturated carbocycles. The molecule has 0 aliphatic rings. The summed E-state index contributed by atoms with van der Waals surface area (Å²) in [5.41, 5.74) is 10.2. The molecule has 2 rings (SSSR count). The first-order valence-corrected chi connectivity index (χ1v) is 10.6. The van der Waals surface area contributed by atoms with Crippen LogP contribution in [-0.4, -0.2) is 16.8 Å². The first-order valence-electron chi connectivity index (χ1n) is 7.08. The van der Waals surface area contributed by atoms with E-state index < -0.39 is 24.0 Å². The van der Waals surface area contributed by atoms with Gasteiger partial charge in [-0.2, -0.15) is 8.42 Å². The lowest BCUT2D eigenvalue weighted by Crippen LogP contribution is -2.42. The molecule has 0 saturated heterocycles. The fraction of sp³-hybridized carbons (Fsp3) is 0.200. The summed E-state index contributed by atoms with van der Waals surface area (Å²) < 4.78 is 48.8. The van der Waals surface area contributed by atoms with Crippen LogP contribution < -0.4 is 16.0 Å². The molecule has 7 nitrogen and oxygen atoms in total. The molecule has 2 aromatic carbocycles. The summed E-state index contributed by atoms with van der Waals surface area (Å²) in [6.07, 6.45) is 0. The topological polar surface area (TPSA) is 118 Å². The number of hydrazine groups is 1. The second-order valence-electron chi connectivity index (χ2n) is 5.36. The summed E-state index contributed by atoms with van der Waals surface area (Å²) in [6.45, 7) is 3.46. The van der Waals surface area contributed by atoms with Crippen LogP contribution in [0.25, 0.3) is 0 Å². The van der Waals surface area contributed by atoms with Gasteiger partial charge in [0.25, 0.3) is 8.87 Å². The average molecular weight is 369 g/mol. The number of nitrogens with one attached hydrogen (secondary N) is 2. The minimum absolute atomic E-state index is 0.289. The van der Waals surface area contributed by atoms with E-state index in [4.69, 9.17) is 5.73 Å². The van der Waals surface area contributed by atoms with E-state index in [0.29, 0.717) is 5.69 Å². The summed E-state index contributed by atoms with van der Waals surface area (Å²) in [7, 11) is -9.21. The SMILES string of the molecule is Cc1ccc(S(=O)(=O)S(=O)(=O)NNC(C)c2ccc(N)cc2)cc1. The van der Waals surface area contributed by atoms with Crippen molar-refractivity contribution in [2.45, 2.75) is 24.8 Å². The van der Waals surface area contributed by atoms with E-state index in [2.05, 4.69) is 5.43 Å². The fourth-order valence-corrected chi connectivity index (χ4v) is 4.64.